The molecule has 1 heterocycles. The molecular formula is C30H37N3O5S. The second kappa shape index (κ2) is 13.8. The average Bonchev–Trinajstić information content (AvgIpc) is 2.98. The van der Waals surface area contributed by atoms with Crippen LogP contribution < -0.4 is 0 Å². The van der Waals surface area contributed by atoms with Gasteiger partial charge in [0, 0.05) is 59.1 Å². The summed E-state index contributed by atoms with van der Waals surface area (Å²) < 4.78 is 37.8. The Bertz CT molecular complexity index is 1230. The van der Waals surface area contributed by atoms with E-state index in [1.165, 1.54) is 41.8 Å². The Labute approximate surface area is 231 Å². The van der Waals surface area contributed by atoms with Crippen molar-refractivity contribution in [1.29, 1.82) is 0 Å². The second-order valence-electron chi connectivity index (χ2n) is 9.47. The summed E-state index contributed by atoms with van der Waals surface area (Å²) >= 11 is 0. The highest BCUT2D eigenvalue weighted by Gasteiger charge is 2.29. The summed E-state index contributed by atoms with van der Waals surface area (Å²) in [6, 6.07) is 27.2. The van der Waals surface area contributed by atoms with Crippen LogP contribution in [0.3, 0.4) is 0 Å². The van der Waals surface area contributed by atoms with Crippen LogP contribution in [0.25, 0.3) is 0 Å². The lowest BCUT2D eigenvalue weighted by atomic mass is 9.96. The van der Waals surface area contributed by atoms with Crippen LogP contribution in [0.15, 0.2) is 89.8 Å². The smallest absolute Gasteiger partial charge is 0.253 e. The van der Waals surface area contributed by atoms with Crippen molar-refractivity contribution in [3.8, 4) is 0 Å². The average molecular weight is 552 g/mol. The van der Waals surface area contributed by atoms with Gasteiger partial charge >= 0.3 is 0 Å². The van der Waals surface area contributed by atoms with Crippen LogP contribution in [-0.4, -0.2) is 95.1 Å². The quantitative estimate of drug-likeness (QED) is 0.343. The molecule has 208 valence electrons. The fourth-order valence-electron chi connectivity index (χ4n) is 4.91. The molecule has 3 aromatic rings. The number of carbonyl (C=O) groups excluding carboxylic acids is 1. The Kier molecular flexibility index (Phi) is 10.2. The van der Waals surface area contributed by atoms with Crippen molar-refractivity contribution in [2.45, 2.75) is 10.9 Å². The third kappa shape index (κ3) is 7.12. The first-order chi connectivity index (χ1) is 19.0. The molecule has 1 fully saturated rings. The van der Waals surface area contributed by atoms with Crippen molar-refractivity contribution >= 4 is 15.9 Å². The van der Waals surface area contributed by atoms with Crippen LogP contribution in [-0.2, 0) is 19.5 Å². The molecule has 39 heavy (non-hydrogen) atoms. The minimum atomic E-state index is -3.74. The fourth-order valence-corrected chi connectivity index (χ4v) is 6.32. The van der Waals surface area contributed by atoms with E-state index in [9.17, 15) is 13.2 Å². The van der Waals surface area contributed by atoms with Crippen LogP contribution in [0.4, 0.5) is 0 Å². The number of benzene rings is 3. The molecule has 1 aliphatic rings. The highest BCUT2D eigenvalue weighted by atomic mass is 32.2. The van der Waals surface area contributed by atoms with Crippen molar-refractivity contribution in [2.75, 3.05) is 66.7 Å². The van der Waals surface area contributed by atoms with Gasteiger partial charge < -0.3 is 14.4 Å². The van der Waals surface area contributed by atoms with E-state index >= 15 is 0 Å². The van der Waals surface area contributed by atoms with Crippen molar-refractivity contribution < 1.29 is 22.7 Å². The zero-order valence-corrected chi connectivity index (χ0v) is 23.4. The third-order valence-corrected chi connectivity index (χ3v) is 8.94. The van der Waals surface area contributed by atoms with Crippen LogP contribution >= 0.6 is 0 Å². The first-order valence-electron chi connectivity index (χ1n) is 13.2. The van der Waals surface area contributed by atoms with Gasteiger partial charge in [0.05, 0.1) is 24.2 Å². The van der Waals surface area contributed by atoms with E-state index in [2.05, 4.69) is 53.4 Å². The summed E-state index contributed by atoms with van der Waals surface area (Å²) in [6.45, 7) is 3.66. The standard InChI is InChI=1S/C30H37N3O5S/c1-37-23-21-33(22-24-38-2)39(35,36)28-15-13-27(14-16-28)30(34)32-19-17-31(18-20-32)29(25-9-5-3-6-10-25)26-11-7-4-8-12-26/h3-16,29H,17-24H2,1-2H3. The summed E-state index contributed by atoms with van der Waals surface area (Å²) in [5.74, 6) is -0.0924. The van der Waals surface area contributed by atoms with Gasteiger partial charge in [-0.3, -0.25) is 9.69 Å². The van der Waals surface area contributed by atoms with E-state index in [0.29, 0.717) is 18.7 Å². The number of carbonyl (C=O) groups is 1. The van der Waals surface area contributed by atoms with E-state index in [0.717, 1.165) is 13.1 Å². The molecule has 0 spiro atoms. The van der Waals surface area contributed by atoms with Crippen molar-refractivity contribution in [3.63, 3.8) is 0 Å². The molecule has 0 bridgehead atoms. The molecule has 0 N–H and O–H groups in total. The topological polar surface area (TPSA) is 79.4 Å². The SMILES string of the molecule is COCCN(CCOC)S(=O)(=O)c1ccc(C(=O)N2CCN(C(c3ccccc3)c3ccccc3)CC2)cc1. The van der Waals surface area contributed by atoms with E-state index < -0.39 is 10.0 Å². The summed E-state index contributed by atoms with van der Waals surface area (Å²) in [7, 11) is -0.676. The van der Waals surface area contributed by atoms with Gasteiger partial charge in [0.1, 0.15) is 0 Å². The molecule has 0 aromatic heterocycles. The minimum absolute atomic E-state index is 0.0924. The molecule has 8 nitrogen and oxygen atoms in total. The van der Waals surface area contributed by atoms with E-state index in [4.69, 9.17) is 9.47 Å². The molecule has 0 saturated carbocycles. The lowest BCUT2D eigenvalue weighted by molar-refractivity contribution is 0.0597. The van der Waals surface area contributed by atoms with Crippen molar-refractivity contribution in [3.05, 3.63) is 102 Å². The number of sulfonamides is 1. The Morgan fingerprint density at radius 2 is 1.26 bits per heavy atom. The summed E-state index contributed by atoms with van der Waals surface area (Å²) in [5.41, 5.74) is 2.93. The third-order valence-electron chi connectivity index (χ3n) is 7.03. The van der Waals surface area contributed by atoms with Crippen LogP contribution in [0.2, 0.25) is 0 Å². The van der Waals surface area contributed by atoms with Gasteiger partial charge in [-0.25, -0.2) is 8.42 Å². The Morgan fingerprint density at radius 3 is 1.72 bits per heavy atom. The zero-order valence-electron chi connectivity index (χ0n) is 22.6. The summed E-state index contributed by atoms with van der Waals surface area (Å²) in [5, 5.41) is 0. The maximum Gasteiger partial charge on any atom is 0.253 e. The van der Waals surface area contributed by atoms with Crippen LogP contribution in [0.5, 0.6) is 0 Å². The maximum absolute atomic E-state index is 13.3. The maximum atomic E-state index is 13.3. The molecule has 0 unspecified atom stereocenters. The first-order valence-corrected chi connectivity index (χ1v) is 14.6. The lowest BCUT2D eigenvalue weighted by Crippen LogP contribution is -2.49. The second-order valence-corrected chi connectivity index (χ2v) is 11.4. The number of rotatable bonds is 12. The van der Waals surface area contributed by atoms with E-state index in [1.807, 2.05) is 17.0 Å². The van der Waals surface area contributed by atoms with E-state index in [1.54, 1.807) is 12.1 Å². The Morgan fingerprint density at radius 1 is 0.769 bits per heavy atom. The molecule has 1 amide bonds. The number of hydrogen-bond donors (Lipinski definition) is 0. The van der Waals surface area contributed by atoms with Gasteiger partial charge in [-0.1, -0.05) is 60.7 Å². The highest BCUT2D eigenvalue weighted by molar-refractivity contribution is 7.89. The summed E-state index contributed by atoms with van der Waals surface area (Å²) in [4.78, 5) is 17.7. The number of hydrogen-bond acceptors (Lipinski definition) is 6. The van der Waals surface area contributed by atoms with Crippen LogP contribution in [0.1, 0.15) is 27.5 Å². The zero-order chi connectivity index (χ0) is 27.7. The lowest BCUT2D eigenvalue weighted by Gasteiger charge is -2.39. The van der Waals surface area contributed by atoms with E-state index in [-0.39, 0.29) is 43.1 Å². The fraction of sp³-hybridized carbons (Fsp3) is 0.367. The van der Waals surface area contributed by atoms with Gasteiger partial charge in [0.15, 0.2) is 0 Å². The molecule has 0 atom stereocenters. The Balaban J connectivity index is 1.43. The van der Waals surface area contributed by atoms with Gasteiger partial charge in [0.2, 0.25) is 10.0 Å². The molecule has 0 radical (unpaired) electrons. The Hall–Kier alpha value is -3.08. The number of ether oxygens (including phenoxy) is 2. The van der Waals surface area contributed by atoms with Gasteiger partial charge in [-0.15, -0.1) is 0 Å². The number of piperazine rings is 1. The van der Waals surface area contributed by atoms with Crippen molar-refractivity contribution in [2.24, 2.45) is 0 Å². The molecule has 3 aromatic carbocycles. The normalized spacial score (nSPS) is 14.7. The number of amides is 1. The molecule has 1 saturated heterocycles. The van der Waals surface area contributed by atoms with Gasteiger partial charge in [0.25, 0.3) is 5.91 Å². The monoisotopic (exact) mass is 551 g/mol. The predicted molar refractivity (Wildman–Crippen MR) is 151 cm³/mol. The van der Waals surface area contributed by atoms with Gasteiger partial charge in [-0.2, -0.15) is 4.31 Å². The molecule has 4 rings (SSSR count). The first kappa shape index (κ1) is 28.9. The largest absolute Gasteiger partial charge is 0.383 e. The van der Waals surface area contributed by atoms with Crippen LogP contribution in [0, 0.1) is 0 Å². The van der Waals surface area contributed by atoms with Gasteiger partial charge in [-0.05, 0) is 35.4 Å². The number of nitrogens with zero attached hydrogens (tertiary/aromatic N) is 3. The van der Waals surface area contributed by atoms with Crippen molar-refractivity contribution in [1.82, 2.24) is 14.1 Å². The molecule has 9 heteroatoms. The molecule has 0 aliphatic carbocycles. The highest BCUT2D eigenvalue weighted by Crippen LogP contribution is 2.29. The molecular weight excluding hydrogens is 514 g/mol. The predicted octanol–water partition coefficient (Wildman–Crippen LogP) is 3.52. The minimum Gasteiger partial charge on any atom is -0.383 e. The molecule has 1 aliphatic heterocycles. The summed E-state index contributed by atoms with van der Waals surface area (Å²) in [6.07, 6.45) is 0. The number of methoxy groups -OCH3 is 2.